The lowest BCUT2D eigenvalue weighted by atomic mass is 10.3. The Kier molecular flexibility index (Phi) is 5.45. The molecule has 0 saturated heterocycles. The maximum Gasteiger partial charge on any atom is 0.485 e. The van der Waals surface area contributed by atoms with Gasteiger partial charge in [0.1, 0.15) is 23.0 Å². The highest BCUT2D eigenvalue weighted by Crippen LogP contribution is 2.31. The Morgan fingerprint density at radius 2 is 2.00 bits per heavy atom. The SMILES string of the molecule is COc1ccc(Cl)c(S(=O)(=O)NC(=O)c2cn3c(n2)C(Cl)=CN(C(F)(F)F)C3)c1. The van der Waals surface area contributed by atoms with Crippen LogP contribution in [0.15, 0.2) is 35.5 Å². The molecule has 1 amide bonds. The average Bonchev–Trinajstić information content (AvgIpc) is 3.06. The van der Waals surface area contributed by atoms with Crippen LogP contribution in [-0.4, -0.2) is 42.2 Å². The highest BCUT2D eigenvalue weighted by molar-refractivity contribution is 7.90. The van der Waals surface area contributed by atoms with E-state index in [9.17, 15) is 26.4 Å². The summed E-state index contributed by atoms with van der Waals surface area (Å²) in [5.41, 5.74) is -0.446. The molecule has 0 bridgehead atoms. The largest absolute Gasteiger partial charge is 0.497 e. The number of carbonyl (C=O) groups is 1. The second kappa shape index (κ2) is 7.43. The normalized spacial score (nSPS) is 14.3. The smallest absolute Gasteiger partial charge is 0.485 e. The van der Waals surface area contributed by atoms with Crippen LogP contribution in [0.3, 0.4) is 0 Å². The van der Waals surface area contributed by atoms with Crippen molar-refractivity contribution in [2.24, 2.45) is 0 Å². The fraction of sp³-hybridized carbons (Fsp3) is 0.200. The van der Waals surface area contributed by atoms with Gasteiger partial charge in [-0.2, -0.15) is 13.2 Å². The van der Waals surface area contributed by atoms with E-state index in [4.69, 9.17) is 27.9 Å². The number of alkyl halides is 3. The molecule has 1 aliphatic heterocycles. The molecule has 2 aromatic rings. The highest BCUT2D eigenvalue weighted by Gasteiger charge is 2.38. The van der Waals surface area contributed by atoms with Crippen molar-refractivity contribution in [1.29, 1.82) is 0 Å². The zero-order chi connectivity index (χ0) is 21.6. The quantitative estimate of drug-likeness (QED) is 0.690. The van der Waals surface area contributed by atoms with Crippen LogP contribution in [0.25, 0.3) is 5.03 Å². The van der Waals surface area contributed by atoms with E-state index in [1.807, 2.05) is 0 Å². The minimum atomic E-state index is -4.70. The third kappa shape index (κ3) is 4.28. The summed E-state index contributed by atoms with van der Waals surface area (Å²) < 4.78 is 71.3. The van der Waals surface area contributed by atoms with E-state index in [-0.39, 0.29) is 26.5 Å². The van der Waals surface area contributed by atoms with Crippen LogP contribution in [0.2, 0.25) is 5.02 Å². The molecular weight excluding hydrogens is 460 g/mol. The Morgan fingerprint density at radius 3 is 2.62 bits per heavy atom. The molecule has 29 heavy (non-hydrogen) atoms. The minimum absolute atomic E-state index is 0.0154. The molecule has 0 unspecified atom stereocenters. The summed E-state index contributed by atoms with van der Waals surface area (Å²) >= 11 is 11.7. The molecule has 1 aromatic heterocycles. The second-order valence-corrected chi connectivity index (χ2v) is 8.17. The number of halogens is 5. The number of sulfonamides is 1. The average molecular weight is 471 g/mol. The highest BCUT2D eigenvalue weighted by atomic mass is 35.5. The first-order valence-corrected chi connectivity index (χ1v) is 9.85. The van der Waals surface area contributed by atoms with Gasteiger partial charge in [-0.05, 0) is 12.1 Å². The summed E-state index contributed by atoms with van der Waals surface area (Å²) in [6.07, 6.45) is -3.11. The Morgan fingerprint density at radius 1 is 1.31 bits per heavy atom. The standard InChI is InChI=1S/C15H11Cl2F3N4O4S/c1-28-8-2-3-9(16)12(4-8)29(26,27)22-14(25)11-6-23-7-24(15(18,19)20)5-10(17)13(23)21-11/h2-6H,7H2,1H3,(H,22,25). The number of hydrogen-bond donors (Lipinski definition) is 1. The van der Waals surface area contributed by atoms with Crippen molar-refractivity contribution in [3.05, 3.63) is 47.1 Å². The van der Waals surface area contributed by atoms with Crippen LogP contribution in [-0.2, 0) is 16.7 Å². The van der Waals surface area contributed by atoms with Gasteiger partial charge in [0, 0.05) is 18.5 Å². The lowest BCUT2D eigenvalue weighted by molar-refractivity contribution is -0.237. The fourth-order valence-electron chi connectivity index (χ4n) is 2.42. The Labute approximate surface area is 172 Å². The fourth-order valence-corrected chi connectivity index (χ4v) is 4.17. The van der Waals surface area contributed by atoms with Crippen molar-refractivity contribution in [2.75, 3.05) is 7.11 Å². The van der Waals surface area contributed by atoms with Gasteiger partial charge in [-0.1, -0.05) is 23.2 Å². The van der Waals surface area contributed by atoms with Crippen LogP contribution in [0.5, 0.6) is 5.75 Å². The van der Waals surface area contributed by atoms with Crippen molar-refractivity contribution >= 4 is 44.2 Å². The zero-order valence-electron chi connectivity index (χ0n) is 14.4. The summed E-state index contributed by atoms with van der Waals surface area (Å²) in [4.78, 5) is 15.7. The van der Waals surface area contributed by atoms with E-state index < -0.39 is 39.5 Å². The predicted molar refractivity (Wildman–Crippen MR) is 96.6 cm³/mol. The van der Waals surface area contributed by atoms with Gasteiger partial charge in [0.15, 0.2) is 5.82 Å². The number of fused-ring (bicyclic) bond motifs is 1. The van der Waals surface area contributed by atoms with Gasteiger partial charge < -0.3 is 9.30 Å². The first kappa shape index (κ1) is 21.3. The molecule has 156 valence electrons. The molecular formula is C15H11Cl2F3N4O4S. The monoisotopic (exact) mass is 470 g/mol. The van der Waals surface area contributed by atoms with Crippen molar-refractivity contribution in [1.82, 2.24) is 19.2 Å². The third-order valence-corrected chi connectivity index (χ3v) is 5.86. The number of aromatic nitrogens is 2. The minimum Gasteiger partial charge on any atom is -0.497 e. The molecule has 2 heterocycles. The molecule has 8 nitrogen and oxygen atoms in total. The first-order chi connectivity index (χ1) is 13.4. The number of rotatable bonds is 4. The van der Waals surface area contributed by atoms with E-state index in [0.717, 1.165) is 16.8 Å². The van der Waals surface area contributed by atoms with Gasteiger partial charge in [0.25, 0.3) is 15.9 Å². The lowest BCUT2D eigenvalue weighted by Gasteiger charge is -2.27. The van der Waals surface area contributed by atoms with Crippen LogP contribution in [0, 0.1) is 0 Å². The van der Waals surface area contributed by atoms with E-state index >= 15 is 0 Å². The summed E-state index contributed by atoms with van der Waals surface area (Å²) in [5, 5.41) is -0.534. The first-order valence-electron chi connectivity index (χ1n) is 7.61. The van der Waals surface area contributed by atoms with E-state index in [1.54, 1.807) is 4.72 Å². The van der Waals surface area contributed by atoms with E-state index in [0.29, 0.717) is 6.20 Å². The lowest BCUT2D eigenvalue weighted by Crippen LogP contribution is -2.37. The molecule has 0 aliphatic carbocycles. The zero-order valence-corrected chi connectivity index (χ0v) is 16.7. The Hall–Kier alpha value is -2.44. The van der Waals surface area contributed by atoms with Crippen molar-refractivity contribution in [3.63, 3.8) is 0 Å². The van der Waals surface area contributed by atoms with Crippen LogP contribution in [0.1, 0.15) is 16.3 Å². The Bertz CT molecular complexity index is 1120. The second-order valence-electron chi connectivity index (χ2n) is 5.71. The summed E-state index contributed by atoms with van der Waals surface area (Å²) in [5.74, 6) is -1.10. The van der Waals surface area contributed by atoms with Crippen LogP contribution >= 0.6 is 23.2 Å². The van der Waals surface area contributed by atoms with Gasteiger partial charge >= 0.3 is 6.30 Å². The van der Waals surface area contributed by atoms with Gasteiger partial charge in [-0.3, -0.25) is 9.69 Å². The number of amides is 1. The summed E-state index contributed by atoms with van der Waals surface area (Å²) in [6, 6.07) is 3.80. The van der Waals surface area contributed by atoms with Crippen LogP contribution in [0.4, 0.5) is 13.2 Å². The van der Waals surface area contributed by atoms with E-state index in [1.165, 1.54) is 19.2 Å². The van der Waals surface area contributed by atoms with Crippen molar-refractivity contribution in [2.45, 2.75) is 17.9 Å². The number of nitrogens with one attached hydrogen (secondary N) is 1. The van der Waals surface area contributed by atoms with Crippen molar-refractivity contribution in [3.8, 4) is 5.75 Å². The van der Waals surface area contributed by atoms with Crippen LogP contribution < -0.4 is 9.46 Å². The van der Waals surface area contributed by atoms with Gasteiger partial charge in [0.05, 0.1) is 17.2 Å². The molecule has 0 fully saturated rings. The number of hydrogen-bond acceptors (Lipinski definition) is 6. The number of benzene rings is 1. The number of methoxy groups -OCH3 is 1. The Balaban J connectivity index is 1.87. The molecule has 3 rings (SSSR count). The van der Waals surface area contributed by atoms with Gasteiger partial charge in [-0.15, -0.1) is 0 Å². The topological polar surface area (TPSA) is 93.5 Å². The molecule has 1 aromatic carbocycles. The predicted octanol–water partition coefficient (Wildman–Crippen LogP) is 2.99. The molecule has 1 N–H and O–H groups in total. The van der Waals surface area contributed by atoms with Crippen molar-refractivity contribution < 1.29 is 31.1 Å². The molecule has 1 aliphatic rings. The number of carbonyl (C=O) groups excluding carboxylic acids is 1. The summed E-state index contributed by atoms with van der Waals surface area (Å²) in [6.45, 7) is -0.705. The molecule has 14 heteroatoms. The molecule has 0 saturated carbocycles. The number of imidazole rings is 1. The van der Waals surface area contributed by atoms with Gasteiger partial charge in [-0.25, -0.2) is 18.1 Å². The third-order valence-electron chi connectivity index (χ3n) is 3.78. The maximum atomic E-state index is 12.9. The maximum absolute atomic E-state index is 12.9. The molecule has 0 spiro atoms. The summed E-state index contributed by atoms with van der Waals surface area (Å²) in [7, 11) is -3.10. The van der Waals surface area contributed by atoms with Gasteiger partial charge in [0.2, 0.25) is 0 Å². The molecule has 0 atom stereocenters. The number of nitrogens with zero attached hydrogens (tertiary/aromatic N) is 3. The van der Waals surface area contributed by atoms with E-state index in [2.05, 4.69) is 4.98 Å². The molecule has 0 radical (unpaired) electrons. The number of ether oxygens (including phenoxy) is 1.